The Morgan fingerprint density at radius 2 is 2.05 bits per heavy atom. The van der Waals surface area contributed by atoms with Gasteiger partial charge in [0, 0.05) is 37.8 Å². The molecular formula is C17H27FN2O. The van der Waals surface area contributed by atoms with E-state index in [-0.39, 0.29) is 11.9 Å². The Kier molecular flexibility index (Phi) is 6.00. The number of piperazine rings is 1. The fourth-order valence-corrected chi connectivity index (χ4v) is 3.41. The lowest BCUT2D eigenvalue weighted by Gasteiger charge is -2.39. The van der Waals surface area contributed by atoms with E-state index in [9.17, 15) is 4.39 Å². The number of rotatable bonds is 6. The predicted octanol–water partition coefficient (Wildman–Crippen LogP) is 3.22. The molecule has 0 bridgehead atoms. The second kappa shape index (κ2) is 7.76. The van der Waals surface area contributed by atoms with Crippen LogP contribution in [0.4, 0.5) is 4.39 Å². The molecular weight excluding hydrogens is 267 g/mol. The van der Waals surface area contributed by atoms with Crippen LogP contribution in [0.2, 0.25) is 0 Å². The lowest BCUT2D eigenvalue weighted by atomic mass is 9.88. The smallest absolute Gasteiger partial charge is 0.165 e. The zero-order chi connectivity index (χ0) is 15.2. The van der Waals surface area contributed by atoms with Gasteiger partial charge < -0.3 is 10.1 Å². The third kappa shape index (κ3) is 3.74. The van der Waals surface area contributed by atoms with Crippen molar-refractivity contribution >= 4 is 0 Å². The van der Waals surface area contributed by atoms with E-state index < -0.39 is 0 Å². The van der Waals surface area contributed by atoms with E-state index in [1.807, 2.05) is 6.07 Å². The summed E-state index contributed by atoms with van der Waals surface area (Å²) in [5.74, 6) is 0.617. The molecule has 1 heterocycles. The van der Waals surface area contributed by atoms with Crippen molar-refractivity contribution in [2.45, 2.75) is 32.7 Å². The molecule has 1 aromatic carbocycles. The topological polar surface area (TPSA) is 24.5 Å². The van der Waals surface area contributed by atoms with Crippen molar-refractivity contribution in [3.8, 4) is 5.75 Å². The molecule has 0 amide bonds. The summed E-state index contributed by atoms with van der Waals surface area (Å²) in [5.41, 5.74) is 0.986. The predicted molar refractivity (Wildman–Crippen MR) is 84.2 cm³/mol. The molecule has 3 nitrogen and oxygen atoms in total. The Labute approximate surface area is 127 Å². The van der Waals surface area contributed by atoms with E-state index in [2.05, 4.69) is 24.1 Å². The van der Waals surface area contributed by atoms with Gasteiger partial charge in [0.25, 0.3) is 0 Å². The van der Waals surface area contributed by atoms with Crippen molar-refractivity contribution < 1.29 is 9.13 Å². The van der Waals surface area contributed by atoms with Crippen LogP contribution in [-0.4, -0.2) is 38.2 Å². The molecule has 1 N–H and O–H groups in total. The van der Waals surface area contributed by atoms with Gasteiger partial charge in [0.1, 0.15) is 0 Å². The molecule has 4 heteroatoms. The normalized spacial score (nSPS) is 19.2. The minimum absolute atomic E-state index is 0.220. The SMILES string of the molecule is CCCC(C)[C@H](c1cccc(F)c1OC)N1CCNCC1. The molecule has 1 aromatic rings. The van der Waals surface area contributed by atoms with Crippen molar-refractivity contribution in [2.75, 3.05) is 33.3 Å². The highest BCUT2D eigenvalue weighted by Crippen LogP contribution is 2.38. The molecule has 21 heavy (non-hydrogen) atoms. The summed E-state index contributed by atoms with van der Waals surface area (Å²) >= 11 is 0. The van der Waals surface area contributed by atoms with Crippen molar-refractivity contribution in [1.29, 1.82) is 0 Å². The number of hydrogen-bond donors (Lipinski definition) is 1. The molecule has 1 fully saturated rings. The van der Waals surface area contributed by atoms with Crippen molar-refractivity contribution in [3.63, 3.8) is 0 Å². The monoisotopic (exact) mass is 294 g/mol. The van der Waals surface area contributed by atoms with E-state index in [0.717, 1.165) is 44.6 Å². The number of hydrogen-bond acceptors (Lipinski definition) is 3. The van der Waals surface area contributed by atoms with Gasteiger partial charge in [0.2, 0.25) is 0 Å². The lowest BCUT2D eigenvalue weighted by Crippen LogP contribution is -2.46. The van der Waals surface area contributed by atoms with Crippen LogP contribution in [0.3, 0.4) is 0 Å². The molecule has 0 spiro atoms. The number of ether oxygens (including phenoxy) is 1. The molecule has 118 valence electrons. The summed E-state index contributed by atoms with van der Waals surface area (Å²) in [6.07, 6.45) is 2.27. The summed E-state index contributed by atoms with van der Waals surface area (Å²) in [5, 5.41) is 3.38. The molecule has 0 aliphatic carbocycles. The number of nitrogens with one attached hydrogen (secondary N) is 1. The van der Waals surface area contributed by atoms with Gasteiger partial charge in [0.05, 0.1) is 7.11 Å². The maximum absolute atomic E-state index is 14.1. The minimum atomic E-state index is -0.265. The van der Waals surface area contributed by atoms with E-state index in [1.165, 1.54) is 6.07 Å². The highest BCUT2D eigenvalue weighted by atomic mass is 19.1. The van der Waals surface area contributed by atoms with Crippen LogP contribution in [-0.2, 0) is 0 Å². The molecule has 1 aliphatic rings. The molecule has 2 atom stereocenters. The van der Waals surface area contributed by atoms with Crippen LogP contribution >= 0.6 is 0 Å². The second-order valence-corrected chi connectivity index (χ2v) is 5.86. The summed E-state index contributed by atoms with van der Waals surface area (Å²) < 4.78 is 19.4. The van der Waals surface area contributed by atoms with Gasteiger partial charge in [-0.3, -0.25) is 4.90 Å². The van der Waals surface area contributed by atoms with E-state index in [4.69, 9.17) is 4.74 Å². The molecule has 1 unspecified atom stereocenters. The number of methoxy groups -OCH3 is 1. The number of halogens is 1. The van der Waals surface area contributed by atoms with Crippen molar-refractivity contribution in [1.82, 2.24) is 10.2 Å². The molecule has 2 rings (SSSR count). The fraction of sp³-hybridized carbons (Fsp3) is 0.647. The Hall–Kier alpha value is -1.13. The van der Waals surface area contributed by atoms with E-state index >= 15 is 0 Å². The first kappa shape index (κ1) is 16.2. The van der Waals surface area contributed by atoms with Crippen LogP contribution in [0.25, 0.3) is 0 Å². The van der Waals surface area contributed by atoms with E-state index in [1.54, 1.807) is 13.2 Å². The molecule has 0 radical (unpaired) electrons. The van der Waals surface area contributed by atoms with Crippen LogP contribution in [0, 0.1) is 11.7 Å². The second-order valence-electron chi connectivity index (χ2n) is 5.86. The Morgan fingerprint density at radius 1 is 1.33 bits per heavy atom. The van der Waals surface area contributed by atoms with E-state index in [0.29, 0.717) is 11.7 Å². The zero-order valence-corrected chi connectivity index (χ0v) is 13.4. The van der Waals surface area contributed by atoms with Crippen LogP contribution in [0.15, 0.2) is 18.2 Å². The number of para-hydroxylation sites is 1. The first-order valence-corrected chi connectivity index (χ1v) is 7.96. The summed E-state index contributed by atoms with van der Waals surface area (Å²) in [6.45, 7) is 8.45. The van der Waals surface area contributed by atoms with Gasteiger partial charge in [-0.2, -0.15) is 0 Å². The molecule has 0 aromatic heterocycles. The van der Waals surface area contributed by atoms with Crippen LogP contribution < -0.4 is 10.1 Å². The Balaban J connectivity index is 2.36. The van der Waals surface area contributed by atoms with Gasteiger partial charge in [-0.05, 0) is 18.4 Å². The van der Waals surface area contributed by atoms with Crippen LogP contribution in [0.5, 0.6) is 5.75 Å². The van der Waals surface area contributed by atoms with Crippen LogP contribution in [0.1, 0.15) is 38.3 Å². The first-order chi connectivity index (χ1) is 10.2. The lowest BCUT2D eigenvalue weighted by molar-refractivity contribution is 0.123. The third-order valence-corrected chi connectivity index (χ3v) is 4.35. The maximum Gasteiger partial charge on any atom is 0.165 e. The summed E-state index contributed by atoms with van der Waals surface area (Å²) in [4.78, 5) is 2.47. The van der Waals surface area contributed by atoms with Gasteiger partial charge in [0.15, 0.2) is 11.6 Å². The Bertz CT molecular complexity index is 446. The quantitative estimate of drug-likeness (QED) is 0.872. The zero-order valence-electron chi connectivity index (χ0n) is 13.4. The van der Waals surface area contributed by atoms with Gasteiger partial charge >= 0.3 is 0 Å². The average Bonchev–Trinajstić information content (AvgIpc) is 2.49. The number of benzene rings is 1. The molecule has 1 saturated heterocycles. The minimum Gasteiger partial charge on any atom is -0.493 e. The average molecular weight is 294 g/mol. The molecule has 0 saturated carbocycles. The van der Waals surface area contributed by atoms with Gasteiger partial charge in [-0.15, -0.1) is 0 Å². The van der Waals surface area contributed by atoms with Crippen molar-refractivity contribution in [2.24, 2.45) is 5.92 Å². The van der Waals surface area contributed by atoms with Gasteiger partial charge in [-0.1, -0.05) is 32.4 Å². The fourth-order valence-electron chi connectivity index (χ4n) is 3.41. The third-order valence-electron chi connectivity index (χ3n) is 4.35. The number of nitrogens with zero attached hydrogens (tertiary/aromatic N) is 1. The standard InChI is InChI=1S/C17H27FN2O/c1-4-6-13(2)16(20-11-9-19-10-12-20)14-7-5-8-15(18)17(14)21-3/h5,7-8,13,16,19H,4,6,9-12H2,1-3H3/t13?,16-/m1/s1. The summed E-state index contributed by atoms with van der Waals surface area (Å²) in [6, 6.07) is 5.50. The summed E-state index contributed by atoms with van der Waals surface area (Å²) in [7, 11) is 1.56. The Morgan fingerprint density at radius 3 is 2.67 bits per heavy atom. The first-order valence-electron chi connectivity index (χ1n) is 7.96. The maximum atomic E-state index is 14.1. The van der Waals surface area contributed by atoms with Crippen molar-refractivity contribution in [3.05, 3.63) is 29.6 Å². The molecule has 1 aliphatic heterocycles. The highest BCUT2D eigenvalue weighted by molar-refractivity contribution is 5.38. The largest absolute Gasteiger partial charge is 0.493 e. The highest BCUT2D eigenvalue weighted by Gasteiger charge is 2.30. The van der Waals surface area contributed by atoms with Gasteiger partial charge in [-0.25, -0.2) is 4.39 Å².